The van der Waals surface area contributed by atoms with Gasteiger partial charge in [0.2, 0.25) is 11.8 Å². The van der Waals surface area contributed by atoms with Crippen LogP contribution in [0.5, 0.6) is 5.88 Å². The minimum Gasteiger partial charge on any atom is -0.391 e. The molecular formula is C10H12FN3O2. The van der Waals surface area contributed by atoms with Crippen molar-refractivity contribution in [2.45, 2.75) is 0 Å². The number of hydrogen-bond acceptors (Lipinski definition) is 4. The Hall–Kier alpha value is -1.69. The van der Waals surface area contributed by atoms with Crippen molar-refractivity contribution >= 4 is 6.09 Å². The number of halogens is 1. The summed E-state index contributed by atoms with van der Waals surface area (Å²) in [6.45, 7) is 2.67. The molecule has 0 aromatic carbocycles. The molecule has 86 valence electrons. The summed E-state index contributed by atoms with van der Waals surface area (Å²) >= 11 is 0. The molecule has 0 atom stereocenters. The van der Waals surface area contributed by atoms with Crippen molar-refractivity contribution in [2.24, 2.45) is 0 Å². The van der Waals surface area contributed by atoms with Crippen molar-refractivity contribution < 1.29 is 13.9 Å². The third-order valence-corrected chi connectivity index (χ3v) is 2.26. The first-order valence-electron chi connectivity index (χ1n) is 5.06. The van der Waals surface area contributed by atoms with Crippen molar-refractivity contribution in [3.63, 3.8) is 0 Å². The van der Waals surface area contributed by atoms with Gasteiger partial charge in [-0.2, -0.15) is 9.37 Å². The Morgan fingerprint density at radius 1 is 1.44 bits per heavy atom. The van der Waals surface area contributed by atoms with Crippen LogP contribution in [0.15, 0.2) is 18.2 Å². The van der Waals surface area contributed by atoms with Crippen LogP contribution in [0.25, 0.3) is 0 Å². The minimum atomic E-state index is -0.661. The third kappa shape index (κ3) is 2.66. The highest BCUT2D eigenvalue weighted by Crippen LogP contribution is 2.08. The lowest BCUT2D eigenvalue weighted by Gasteiger charge is -2.26. The molecule has 1 aromatic heterocycles. The molecule has 0 bridgehead atoms. The van der Waals surface area contributed by atoms with E-state index in [0.29, 0.717) is 13.1 Å². The van der Waals surface area contributed by atoms with Crippen LogP contribution < -0.4 is 10.1 Å². The smallest absolute Gasteiger partial charge is 0.391 e. The zero-order valence-electron chi connectivity index (χ0n) is 8.65. The van der Waals surface area contributed by atoms with Gasteiger partial charge in [0, 0.05) is 32.2 Å². The molecule has 2 rings (SSSR count). The van der Waals surface area contributed by atoms with Gasteiger partial charge in [-0.1, -0.05) is 6.07 Å². The summed E-state index contributed by atoms with van der Waals surface area (Å²) in [5.41, 5.74) is 0. The Bertz CT molecular complexity index is 380. The maximum absolute atomic E-state index is 12.7. The fraction of sp³-hybridized carbons (Fsp3) is 0.400. The first-order chi connectivity index (χ1) is 7.75. The Kier molecular flexibility index (Phi) is 3.31. The van der Waals surface area contributed by atoms with Crippen molar-refractivity contribution in [1.82, 2.24) is 15.2 Å². The van der Waals surface area contributed by atoms with E-state index < -0.39 is 12.0 Å². The van der Waals surface area contributed by atoms with Gasteiger partial charge in [0.15, 0.2) is 0 Å². The molecule has 0 saturated carbocycles. The van der Waals surface area contributed by atoms with Gasteiger partial charge in [0.05, 0.1) is 0 Å². The van der Waals surface area contributed by atoms with Gasteiger partial charge >= 0.3 is 6.09 Å². The SMILES string of the molecule is O=C(Oc1cccc(F)n1)N1CCNCC1. The van der Waals surface area contributed by atoms with Crippen LogP contribution in [0.2, 0.25) is 0 Å². The molecule has 0 aliphatic carbocycles. The molecule has 16 heavy (non-hydrogen) atoms. The van der Waals surface area contributed by atoms with Gasteiger partial charge in [-0.05, 0) is 6.07 Å². The molecule has 1 amide bonds. The summed E-state index contributed by atoms with van der Waals surface area (Å²) in [4.78, 5) is 16.6. The zero-order valence-corrected chi connectivity index (χ0v) is 8.65. The number of aromatic nitrogens is 1. The summed E-state index contributed by atoms with van der Waals surface area (Å²) in [5, 5.41) is 3.12. The third-order valence-electron chi connectivity index (χ3n) is 2.26. The lowest BCUT2D eigenvalue weighted by atomic mass is 10.4. The molecule has 5 nitrogen and oxygen atoms in total. The number of amides is 1. The van der Waals surface area contributed by atoms with E-state index in [4.69, 9.17) is 4.74 Å². The highest BCUT2D eigenvalue weighted by molar-refractivity contribution is 5.70. The first kappa shape index (κ1) is 10.8. The van der Waals surface area contributed by atoms with Crippen LogP contribution >= 0.6 is 0 Å². The molecule has 2 heterocycles. The molecule has 1 aliphatic rings. The summed E-state index contributed by atoms with van der Waals surface area (Å²) in [6, 6.07) is 4.09. The van der Waals surface area contributed by atoms with Gasteiger partial charge < -0.3 is 15.0 Å². The molecule has 0 spiro atoms. The van der Waals surface area contributed by atoms with Gasteiger partial charge in [0.25, 0.3) is 0 Å². The molecular weight excluding hydrogens is 213 g/mol. The number of piperazine rings is 1. The van der Waals surface area contributed by atoms with Crippen molar-refractivity contribution in [2.75, 3.05) is 26.2 Å². The Labute approximate surface area is 92.2 Å². The summed E-state index contributed by atoms with van der Waals surface area (Å²) in [5.74, 6) is -0.672. The van der Waals surface area contributed by atoms with E-state index in [9.17, 15) is 9.18 Å². The maximum atomic E-state index is 12.7. The number of ether oxygens (including phenoxy) is 1. The summed E-state index contributed by atoms with van der Waals surface area (Å²) < 4.78 is 17.7. The fourth-order valence-corrected chi connectivity index (χ4v) is 1.45. The van der Waals surface area contributed by atoms with Crippen LogP contribution in [-0.2, 0) is 0 Å². The summed E-state index contributed by atoms with van der Waals surface area (Å²) in [6.07, 6.45) is -0.486. The highest BCUT2D eigenvalue weighted by atomic mass is 19.1. The standard InChI is InChI=1S/C10H12FN3O2/c11-8-2-1-3-9(13-8)16-10(15)14-6-4-12-5-7-14/h1-3,12H,4-7H2. The first-order valence-corrected chi connectivity index (χ1v) is 5.06. The van der Waals surface area contributed by atoms with E-state index in [0.717, 1.165) is 13.1 Å². The van der Waals surface area contributed by atoms with Crippen LogP contribution in [0.1, 0.15) is 0 Å². The number of carbonyl (C=O) groups is 1. The van der Waals surface area contributed by atoms with Crippen LogP contribution in [-0.4, -0.2) is 42.2 Å². The van der Waals surface area contributed by atoms with Crippen molar-refractivity contribution in [3.05, 3.63) is 24.1 Å². The van der Waals surface area contributed by atoms with E-state index in [-0.39, 0.29) is 5.88 Å². The Morgan fingerprint density at radius 3 is 2.88 bits per heavy atom. The number of nitrogens with zero attached hydrogens (tertiary/aromatic N) is 2. The largest absolute Gasteiger partial charge is 0.416 e. The molecule has 1 aliphatic heterocycles. The van der Waals surface area contributed by atoms with E-state index in [1.807, 2.05) is 0 Å². The number of pyridine rings is 1. The monoisotopic (exact) mass is 225 g/mol. The van der Waals surface area contributed by atoms with E-state index >= 15 is 0 Å². The highest BCUT2D eigenvalue weighted by Gasteiger charge is 2.18. The lowest BCUT2D eigenvalue weighted by molar-refractivity contribution is 0.144. The van der Waals surface area contributed by atoms with Crippen molar-refractivity contribution in [3.8, 4) is 5.88 Å². The van der Waals surface area contributed by atoms with E-state index in [1.54, 1.807) is 4.90 Å². The molecule has 1 saturated heterocycles. The van der Waals surface area contributed by atoms with E-state index in [1.165, 1.54) is 18.2 Å². The molecule has 1 N–H and O–H groups in total. The molecule has 1 aromatic rings. The van der Waals surface area contributed by atoms with Gasteiger partial charge in [-0.25, -0.2) is 4.79 Å². The second-order valence-electron chi connectivity index (χ2n) is 3.40. The Morgan fingerprint density at radius 2 is 2.19 bits per heavy atom. The second kappa shape index (κ2) is 4.89. The average molecular weight is 225 g/mol. The normalized spacial score (nSPS) is 15.9. The quantitative estimate of drug-likeness (QED) is 0.712. The molecule has 1 fully saturated rings. The van der Waals surface area contributed by atoms with Crippen LogP contribution in [0, 0.1) is 5.95 Å². The minimum absolute atomic E-state index is 0.0106. The lowest BCUT2D eigenvalue weighted by Crippen LogP contribution is -2.47. The van der Waals surface area contributed by atoms with Crippen LogP contribution in [0.4, 0.5) is 9.18 Å². The fourth-order valence-electron chi connectivity index (χ4n) is 1.45. The maximum Gasteiger partial charge on any atom is 0.416 e. The number of nitrogens with one attached hydrogen (secondary N) is 1. The number of carbonyl (C=O) groups excluding carboxylic acids is 1. The van der Waals surface area contributed by atoms with Gasteiger partial charge in [-0.15, -0.1) is 0 Å². The molecule has 6 heteroatoms. The van der Waals surface area contributed by atoms with Gasteiger partial charge in [0.1, 0.15) is 0 Å². The topological polar surface area (TPSA) is 54.5 Å². The molecule has 0 radical (unpaired) electrons. The van der Waals surface area contributed by atoms with E-state index in [2.05, 4.69) is 10.3 Å². The number of hydrogen-bond donors (Lipinski definition) is 1. The number of rotatable bonds is 1. The van der Waals surface area contributed by atoms with Crippen molar-refractivity contribution in [1.29, 1.82) is 0 Å². The Balaban J connectivity index is 1.96. The van der Waals surface area contributed by atoms with Gasteiger partial charge in [-0.3, -0.25) is 0 Å². The predicted octanol–water partition coefficient (Wildman–Crippen LogP) is 0.625. The molecule has 0 unspecified atom stereocenters. The predicted molar refractivity (Wildman–Crippen MR) is 54.7 cm³/mol. The summed E-state index contributed by atoms with van der Waals surface area (Å²) in [7, 11) is 0. The van der Waals surface area contributed by atoms with Crippen LogP contribution in [0.3, 0.4) is 0 Å². The second-order valence-corrected chi connectivity index (χ2v) is 3.40. The zero-order chi connectivity index (χ0) is 11.4. The average Bonchev–Trinajstić information content (AvgIpc) is 2.30.